The molecule has 0 aliphatic carbocycles. The van der Waals surface area contributed by atoms with Gasteiger partial charge in [-0.3, -0.25) is 0 Å². The molecule has 0 radical (unpaired) electrons. The Balaban J connectivity index is 3.46. The van der Waals surface area contributed by atoms with Gasteiger partial charge in [0.1, 0.15) is 0 Å². The summed E-state index contributed by atoms with van der Waals surface area (Å²) in [6.45, 7) is 2.88. The first kappa shape index (κ1) is 12.7. The molecule has 80 valence electrons. The molecule has 0 amide bonds. The molecular weight excluding hydrogens is 181 g/mol. The first-order chi connectivity index (χ1) is 5.81. The van der Waals surface area contributed by atoms with Gasteiger partial charge in [0.2, 0.25) is 0 Å². The molecule has 13 heavy (non-hydrogen) atoms. The molecule has 0 aromatic heterocycles. The third kappa shape index (κ3) is 9.63. The zero-order chi connectivity index (χ0) is 10.5. The molecule has 0 saturated heterocycles. The highest BCUT2D eigenvalue weighted by Gasteiger charge is 2.29. The van der Waals surface area contributed by atoms with Crippen molar-refractivity contribution in [1.82, 2.24) is 10.2 Å². The van der Waals surface area contributed by atoms with Gasteiger partial charge in [-0.05, 0) is 21.0 Å². The minimum absolute atomic E-state index is 0.500. The molecule has 2 nitrogen and oxygen atoms in total. The van der Waals surface area contributed by atoms with Crippen molar-refractivity contribution in [3.05, 3.63) is 0 Å². The van der Waals surface area contributed by atoms with Crippen molar-refractivity contribution >= 4 is 0 Å². The van der Waals surface area contributed by atoms with E-state index in [0.717, 1.165) is 6.54 Å². The largest absolute Gasteiger partial charge is 0.390 e. The molecule has 0 aromatic rings. The van der Waals surface area contributed by atoms with Crippen LogP contribution in [0.2, 0.25) is 0 Å². The Bertz CT molecular complexity index is 134. The van der Waals surface area contributed by atoms with E-state index in [1.165, 1.54) is 0 Å². The normalized spacial score (nSPS) is 15.0. The summed E-state index contributed by atoms with van der Waals surface area (Å²) in [4.78, 5) is 1.92. The molecule has 0 aliphatic rings. The Morgan fingerprint density at radius 2 is 1.85 bits per heavy atom. The highest BCUT2D eigenvalue weighted by atomic mass is 19.4. The minimum Gasteiger partial charge on any atom is -0.313 e. The summed E-state index contributed by atoms with van der Waals surface area (Å²) < 4.78 is 35.5. The lowest BCUT2D eigenvalue weighted by molar-refractivity contribution is -0.139. The second kappa shape index (κ2) is 5.44. The van der Waals surface area contributed by atoms with Gasteiger partial charge < -0.3 is 10.2 Å². The van der Waals surface area contributed by atoms with E-state index in [0.29, 0.717) is 6.54 Å². The maximum absolute atomic E-state index is 11.8. The Morgan fingerprint density at radius 1 is 1.31 bits per heavy atom. The Morgan fingerprint density at radius 3 is 2.23 bits per heavy atom. The smallest absolute Gasteiger partial charge is 0.313 e. The number of halogens is 3. The zero-order valence-corrected chi connectivity index (χ0v) is 8.28. The lowest BCUT2D eigenvalue weighted by Crippen LogP contribution is -2.35. The van der Waals surface area contributed by atoms with Crippen LogP contribution >= 0.6 is 0 Å². The summed E-state index contributed by atoms with van der Waals surface area (Å²) in [6, 6.07) is -0.500. The molecule has 0 bridgehead atoms. The van der Waals surface area contributed by atoms with Crippen molar-refractivity contribution in [2.24, 2.45) is 0 Å². The third-order valence-electron chi connectivity index (χ3n) is 1.59. The van der Waals surface area contributed by atoms with E-state index in [1.54, 1.807) is 6.92 Å². The van der Waals surface area contributed by atoms with E-state index < -0.39 is 18.6 Å². The monoisotopic (exact) mass is 198 g/mol. The predicted molar refractivity (Wildman–Crippen MR) is 46.7 cm³/mol. The quantitative estimate of drug-likeness (QED) is 0.719. The van der Waals surface area contributed by atoms with Gasteiger partial charge in [0.25, 0.3) is 0 Å². The summed E-state index contributed by atoms with van der Waals surface area (Å²) in [6.07, 6.45) is -4.83. The summed E-state index contributed by atoms with van der Waals surface area (Å²) in [5.41, 5.74) is 0. The van der Waals surface area contributed by atoms with Gasteiger partial charge in [-0.15, -0.1) is 0 Å². The standard InChI is InChI=1S/C8H17F3N2/c1-7(6-8(9,10)11)12-4-5-13(2)3/h7,12H,4-6H2,1-3H3. The molecular formula is C8H17F3N2. The van der Waals surface area contributed by atoms with Gasteiger partial charge in [0.05, 0.1) is 6.42 Å². The zero-order valence-electron chi connectivity index (χ0n) is 8.28. The number of alkyl halides is 3. The average molecular weight is 198 g/mol. The van der Waals surface area contributed by atoms with Crippen molar-refractivity contribution in [2.75, 3.05) is 27.2 Å². The molecule has 1 N–H and O–H groups in total. The van der Waals surface area contributed by atoms with Gasteiger partial charge >= 0.3 is 6.18 Å². The van der Waals surface area contributed by atoms with Crippen molar-refractivity contribution < 1.29 is 13.2 Å². The van der Waals surface area contributed by atoms with Crippen LogP contribution in [0.3, 0.4) is 0 Å². The van der Waals surface area contributed by atoms with Crippen LogP contribution in [0.5, 0.6) is 0 Å². The van der Waals surface area contributed by atoms with Crippen LogP contribution < -0.4 is 5.32 Å². The molecule has 0 spiro atoms. The first-order valence-electron chi connectivity index (χ1n) is 4.26. The van der Waals surface area contributed by atoms with Crippen LogP contribution in [0.15, 0.2) is 0 Å². The van der Waals surface area contributed by atoms with Gasteiger partial charge in [0, 0.05) is 19.1 Å². The van der Waals surface area contributed by atoms with Crippen LogP contribution in [-0.4, -0.2) is 44.3 Å². The maximum atomic E-state index is 11.8. The maximum Gasteiger partial charge on any atom is 0.390 e. The van der Waals surface area contributed by atoms with Crippen LogP contribution in [0.25, 0.3) is 0 Å². The Hall–Kier alpha value is -0.290. The second-order valence-electron chi connectivity index (χ2n) is 3.48. The Kier molecular flexibility index (Phi) is 5.32. The summed E-state index contributed by atoms with van der Waals surface area (Å²) in [7, 11) is 3.77. The first-order valence-corrected chi connectivity index (χ1v) is 4.26. The van der Waals surface area contributed by atoms with Crippen molar-refractivity contribution in [2.45, 2.75) is 25.6 Å². The van der Waals surface area contributed by atoms with E-state index in [1.807, 2.05) is 19.0 Å². The lowest BCUT2D eigenvalue weighted by atomic mass is 10.2. The molecule has 0 rings (SSSR count). The fraction of sp³-hybridized carbons (Fsp3) is 1.00. The molecule has 0 fully saturated rings. The third-order valence-corrected chi connectivity index (χ3v) is 1.59. The lowest BCUT2D eigenvalue weighted by Gasteiger charge is -2.17. The summed E-state index contributed by atoms with van der Waals surface area (Å²) in [5.74, 6) is 0. The van der Waals surface area contributed by atoms with Crippen LogP contribution in [0.4, 0.5) is 13.2 Å². The number of hydrogen-bond acceptors (Lipinski definition) is 2. The van der Waals surface area contributed by atoms with E-state index in [-0.39, 0.29) is 0 Å². The Labute approximate surface area is 77.1 Å². The van der Waals surface area contributed by atoms with Crippen molar-refractivity contribution in [1.29, 1.82) is 0 Å². The number of likely N-dealkylation sites (N-methyl/N-ethyl adjacent to an activating group) is 1. The summed E-state index contributed by atoms with van der Waals surface area (Å²) >= 11 is 0. The molecule has 0 saturated carbocycles. The predicted octanol–water partition coefficient (Wildman–Crippen LogP) is 1.48. The molecule has 1 unspecified atom stereocenters. The van der Waals surface area contributed by atoms with Crippen LogP contribution in [-0.2, 0) is 0 Å². The highest BCUT2D eigenvalue weighted by molar-refractivity contribution is 4.65. The fourth-order valence-electron chi connectivity index (χ4n) is 0.954. The van der Waals surface area contributed by atoms with Gasteiger partial charge in [-0.2, -0.15) is 13.2 Å². The molecule has 0 heterocycles. The van der Waals surface area contributed by atoms with Crippen LogP contribution in [0, 0.1) is 0 Å². The van der Waals surface area contributed by atoms with Crippen molar-refractivity contribution in [3.8, 4) is 0 Å². The fourth-order valence-corrected chi connectivity index (χ4v) is 0.954. The van der Waals surface area contributed by atoms with Gasteiger partial charge in [-0.25, -0.2) is 0 Å². The average Bonchev–Trinajstić information content (AvgIpc) is 1.81. The minimum atomic E-state index is -4.06. The SMILES string of the molecule is CC(CC(F)(F)F)NCCN(C)C. The van der Waals surface area contributed by atoms with E-state index in [2.05, 4.69) is 5.32 Å². The molecule has 1 atom stereocenters. The highest BCUT2D eigenvalue weighted by Crippen LogP contribution is 2.20. The van der Waals surface area contributed by atoms with Gasteiger partial charge in [0.15, 0.2) is 0 Å². The number of nitrogens with zero attached hydrogens (tertiary/aromatic N) is 1. The molecule has 0 aromatic carbocycles. The number of nitrogens with one attached hydrogen (secondary N) is 1. The summed E-state index contributed by atoms with van der Waals surface area (Å²) in [5, 5.41) is 2.81. The number of hydrogen-bond donors (Lipinski definition) is 1. The van der Waals surface area contributed by atoms with Crippen LogP contribution in [0.1, 0.15) is 13.3 Å². The number of rotatable bonds is 5. The molecule has 0 aliphatic heterocycles. The van der Waals surface area contributed by atoms with E-state index in [9.17, 15) is 13.2 Å². The topological polar surface area (TPSA) is 15.3 Å². The van der Waals surface area contributed by atoms with E-state index >= 15 is 0 Å². The van der Waals surface area contributed by atoms with E-state index in [4.69, 9.17) is 0 Å². The second-order valence-corrected chi connectivity index (χ2v) is 3.48. The molecule has 5 heteroatoms. The van der Waals surface area contributed by atoms with Crippen molar-refractivity contribution in [3.63, 3.8) is 0 Å². The van der Waals surface area contributed by atoms with Gasteiger partial charge in [-0.1, -0.05) is 0 Å².